The minimum absolute atomic E-state index is 0.0372. The van der Waals surface area contributed by atoms with E-state index in [-0.39, 0.29) is 54.2 Å². The number of rotatable bonds is 16. The molecule has 3 aliphatic rings. The Kier molecular flexibility index (Phi) is 14.1. The number of unbranched alkanes of at least 4 members (excludes halogenated alkanes) is 1. The summed E-state index contributed by atoms with van der Waals surface area (Å²) in [7, 11) is 0. The molecule has 3 fully saturated rings. The van der Waals surface area contributed by atoms with Crippen LogP contribution in [0.25, 0.3) is 0 Å². The summed E-state index contributed by atoms with van der Waals surface area (Å²) in [5, 5.41) is 12.4. The van der Waals surface area contributed by atoms with E-state index in [1.54, 1.807) is 6.92 Å². The lowest BCUT2D eigenvalue weighted by Gasteiger charge is -2.40. The molecule has 1 unspecified atom stereocenters. The zero-order valence-corrected chi connectivity index (χ0v) is 27.3. The van der Waals surface area contributed by atoms with Gasteiger partial charge in [0, 0.05) is 31.9 Å². The molecule has 0 aliphatic carbocycles. The van der Waals surface area contributed by atoms with Crippen LogP contribution < -0.4 is 5.32 Å². The summed E-state index contributed by atoms with van der Waals surface area (Å²) in [6.07, 6.45) is 12.1. The van der Waals surface area contributed by atoms with Crippen molar-refractivity contribution in [2.45, 2.75) is 148 Å². The van der Waals surface area contributed by atoms with Crippen LogP contribution >= 0.6 is 0 Å². The van der Waals surface area contributed by atoms with Gasteiger partial charge < -0.3 is 34.1 Å². The molecule has 0 bridgehead atoms. The topological polar surface area (TPSA) is 116 Å². The summed E-state index contributed by atoms with van der Waals surface area (Å²) in [6.45, 7) is 14.9. The second kappa shape index (κ2) is 17.0. The lowest BCUT2D eigenvalue weighted by Crippen LogP contribution is -2.53. The molecule has 3 rings (SSSR count). The Bertz CT molecular complexity index is 987. The summed E-state index contributed by atoms with van der Waals surface area (Å²) in [5.74, 6) is 0.270. The predicted molar refractivity (Wildman–Crippen MR) is 165 cm³/mol. The van der Waals surface area contributed by atoms with E-state index in [0.717, 1.165) is 31.3 Å². The maximum atomic E-state index is 12.6. The van der Waals surface area contributed by atoms with Crippen LogP contribution in [0.4, 0.5) is 0 Å². The SMILES string of the molecule is CCCCC(=O)C[C@@H]1C[C@@]2(CO2)[C@H](OC(C)OCC)[C@@H](/C=C/C(C)=C/C[C@@H]2O[C@H](C)[C@H](NC(=O)/C=C\[C@H](C)O)C[C@@H]2C)O1. The van der Waals surface area contributed by atoms with E-state index < -0.39 is 18.0 Å². The van der Waals surface area contributed by atoms with E-state index in [1.807, 2.05) is 26.8 Å². The molecule has 9 nitrogen and oxygen atoms in total. The monoisotopic (exact) mass is 605 g/mol. The van der Waals surface area contributed by atoms with E-state index in [4.69, 9.17) is 23.7 Å². The predicted octanol–water partition coefficient (Wildman–Crippen LogP) is 4.96. The number of allylic oxidation sites excluding steroid dienone is 2. The maximum absolute atomic E-state index is 12.6. The van der Waals surface area contributed by atoms with E-state index in [0.29, 0.717) is 32.5 Å². The number of amides is 1. The number of ketones is 1. The van der Waals surface area contributed by atoms with Crippen LogP contribution in [0, 0.1) is 5.92 Å². The first-order valence-corrected chi connectivity index (χ1v) is 16.2. The van der Waals surface area contributed by atoms with Crippen LogP contribution in [-0.4, -0.2) is 84.6 Å². The standard InChI is InChI=1S/C34H55NO8/c1-8-10-11-27(37)19-28-20-34(21-40-34)33(42-26(7)39-9-2)31(43-28)16-13-22(3)12-15-30-23(4)18-29(25(6)41-30)35-32(38)17-14-24(5)36/h12-14,16-17,23-26,28-31,33,36H,8-11,15,18-21H2,1-7H3,(H,35,38)/b16-13+,17-14-,22-12+/t23-,24-,25+,26?,28+,29+,30-,31+,33+,34+/m0/s1. The van der Waals surface area contributed by atoms with Crippen molar-refractivity contribution in [1.82, 2.24) is 5.32 Å². The van der Waals surface area contributed by atoms with Crippen molar-refractivity contribution in [3.05, 3.63) is 36.0 Å². The second-order valence-electron chi connectivity index (χ2n) is 12.6. The largest absolute Gasteiger partial charge is 0.389 e. The smallest absolute Gasteiger partial charge is 0.244 e. The van der Waals surface area contributed by atoms with Crippen molar-refractivity contribution >= 4 is 11.7 Å². The van der Waals surface area contributed by atoms with Crippen molar-refractivity contribution in [2.24, 2.45) is 5.92 Å². The molecule has 2 N–H and O–H groups in total. The average Bonchev–Trinajstić information content (AvgIpc) is 3.71. The van der Waals surface area contributed by atoms with Gasteiger partial charge in [-0.05, 0) is 59.8 Å². The first-order valence-electron chi connectivity index (χ1n) is 16.2. The number of epoxide rings is 1. The first-order chi connectivity index (χ1) is 20.5. The lowest BCUT2D eigenvalue weighted by atomic mass is 9.86. The van der Waals surface area contributed by atoms with Gasteiger partial charge in [-0.3, -0.25) is 9.59 Å². The molecule has 43 heavy (non-hydrogen) atoms. The lowest BCUT2D eigenvalue weighted by molar-refractivity contribution is -0.226. The van der Waals surface area contributed by atoms with Gasteiger partial charge in [0.05, 0.1) is 37.1 Å². The van der Waals surface area contributed by atoms with Crippen LogP contribution in [0.5, 0.6) is 0 Å². The third-order valence-electron chi connectivity index (χ3n) is 8.55. The molecule has 0 aromatic carbocycles. The Hall–Kier alpha value is -1.88. The highest BCUT2D eigenvalue weighted by Crippen LogP contribution is 2.45. The quantitative estimate of drug-likeness (QED) is 0.110. The Balaban J connectivity index is 1.63. The van der Waals surface area contributed by atoms with Crippen molar-refractivity contribution in [3.63, 3.8) is 0 Å². The molecule has 3 heterocycles. The van der Waals surface area contributed by atoms with Gasteiger partial charge in [-0.15, -0.1) is 0 Å². The molecule has 0 aromatic heterocycles. The zero-order chi connectivity index (χ0) is 31.6. The molecule has 9 heteroatoms. The minimum Gasteiger partial charge on any atom is -0.389 e. The number of hydrogen-bond donors (Lipinski definition) is 2. The summed E-state index contributed by atoms with van der Waals surface area (Å²) in [4.78, 5) is 24.8. The second-order valence-corrected chi connectivity index (χ2v) is 12.6. The average molecular weight is 606 g/mol. The summed E-state index contributed by atoms with van der Waals surface area (Å²) in [6, 6.07) is -0.0828. The Morgan fingerprint density at radius 3 is 2.56 bits per heavy atom. The molecule has 10 atom stereocenters. The van der Waals surface area contributed by atoms with Gasteiger partial charge in [0.25, 0.3) is 0 Å². The molecule has 3 aliphatic heterocycles. The molecular weight excluding hydrogens is 550 g/mol. The van der Waals surface area contributed by atoms with Gasteiger partial charge >= 0.3 is 0 Å². The maximum Gasteiger partial charge on any atom is 0.244 e. The first kappa shape index (κ1) is 35.6. The number of Topliss-reactive ketones (excluding diaryl/α,β-unsaturated/α-hetero) is 1. The van der Waals surface area contributed by atoms with Crippen LogP contribution in [0.3, 0.4) is 0 Å². The fourth-order valence-electron chi connectivity index (χ4n) is 5.98. The number of aliphatic hydroxyl groups excluding tert-OH is 1. The number of aliphatic hydroxyl groups is 1. The Labute approximate surface area is 258 Å². The number of carbonyl (C=O) groups is 2. The Morgan fingerprint density at radius 2 is 1.91 bits per heavy atom. The van der Waals surface area contributed by atoms with Crippen molar-refractivity contribution < 1.29 is 38.4 Å². The van der Waals surface area contributed by atoms with E-state index in [2.05, 4.69) is 38.2 Å². The van der Waals surface area contributed by atoms with E-state index >= 15 is 0 Å². The van der Waals surface area contributed by atoms with Crippen molar-refractivity contribution in [1.29, 1.82) is 0 Å². The number of nitrogens with one attached hydrogen (secondary N) is 1. The Morgan fingerprint density at radius 1 is 1.16 bits per heavy atom. The normalized spacial score (nSPS) is 34.5. The van der Waals surface area contributed by atoms with Gasteiger partial charge in [-0.1, -0.05) is 50.1 Å². The molecular formula is C34H55NO8. The van der Waals surface area contributed by atoms with Crippen LogP contribution in [-0.2, 0) is 33.3 Å². The van der Waals surface area contributed by atoms with E-state index in [9.17, 15) is 14.7 Å². The molecule has 0 radical (unpaired) electrons. The fraction of sp³-hybridized carbons (Fsp3) is 0.765. The molecule has 0 aromatic rings. The third kappa shape index (κ3) is 11.2. The van der Waals surface area contributed by atoms with Crippen LogP contribution in [0.1, 0.15) is 93.4 Å². The van der Waals surface area contributed by atoms with E-state index in [1.165, 1.54) is 12.2 Å². The van der Waals surface area contributed by atoms with Gasteiger partial charge in [-0.2, -0.15) is 0 Å². The van der Waals surface area contributed by atoms with Gasteiger partial charge in [-0.25, -0.2) is 0 Å². The van der Waals surface area contributed by atoms with Crippen molar-refractivity contribution in [2.75, 3.05) is 13.2 Å². The third-order valence-corrected chi connectivity index (χ3v) is 8.55. The van der Waals surface area contributed by atoms with Crippen LogP contribution in [0.2, 0.25) is 0 Å². The van der Waals surface area contributed by atoms with Gasteiger partial charge in [0.2, 0.25) is 5.91 Å². The molecule has 244 valence electrons. The summed E-state index contributed by atoms with van der Waals surface area (Å²) >= 11 is 0. The highest BCUT2D eigenvalue weighted by atomic mass is 16.7. The fourth-order valence-corrected chi connectivity index (χ4v) is 5.98. The van der Waals surface area contributed by atoms with Crippen LogP contribution in [0.15, 0.2) is 36.0 Å². The number of carbonyl (C=O) groups excluding carboxylic acids is 2. The highest BCUT2D eigenvalue weighted by molar-refractivity contribution is 5.87. The minimum atomic E-state index is -0.663. The molecule has 1 amide bonds. The van der Waals surface area contributed by atoms with Crippen molar-refractivity contribution in [3.8, 4) is 0 Å². The number of ether oxygens (including phenoxy) is 5. The zero-order valence-electron chi connectivity index (χ0n) is 27.3. The molecule has 0 saturated carbocycles. The number of hydrogen-bond acceptors (Lipinski definition) is 8. The highest BCUT2D eigenvalue weighted by Gasteiger charge is 2.60. The molecule has 3 saturated heterocycles. The molecule has 1 spiro atoms. The van der Waals surface area contributed by atoms with Gasteiger partial charge in [0.1, 0.15) is 23.6 Å². The summed E-state index contributed by atoms with van der Waals surface area (Å²) < 4.78 is 30.8. The van der Waals surface area contributed by atoms with Gasteiger partial charge in [0.15, 0.2) is 6.29 Å². The summed E-state index contributed by atoms with van der Waals surface area (Å²) in [5.41, 5.74) is 0.625.